The molecule has 0 bridgehead atoms. The lowest BCUT2D eigenvalue weighted by Crippen LogP contribution is -2.11. The Labute approximate surface area is 302 Å². The van der Waals surface area contributed by atoms with E-state index in [0.29, 0.717) is 0 Å². The third-order valence-corrected chi connectivity index (χ3v) is 10.3. The number of fused-ring (bicyclic) bond motifs is 6. The van der Waals surface area contributed by atoms with Crippen LogP contribution in [0.3, 0.4) is 0 Å². The van der Waals surface area contributed by atoms with Crippen LogP contribution in [-0.2, 0) is 0 Å². The normalized spacial score (nSPS) is 11.5. The maximum Gasteiger partial charge on any atom is 0.143 e. The van der Waals surface area contributed by atoms with Gasteiger partial charge in [-0.3, -0.25) is 0 Å². The molecule has 0 radical (unpaired) electrons. The summed E-state index contributed by atoms with van der Waals surface area (Å²) in [5, 5.41) is 7.08. The maximum atomic E-state index is 6.52. The monoisotopic (exact) mass is 663 g/mol. The van der Waals surface area contributed by atoms with Gasteiger partial charge in [0, 0.05) is 33.1 Å². The van der Waals surface area contributed by atoms with Gasteiger partial charge in [0.15, 0.2) is 0 Å². The van der Waals surface area contributed by atoms with Crippen LogP contribution in [0.25, 0.3) is 76.9 Å². The summed E-state index contributed by atoms with van der Waals surface area (Å²) in [4.78, 5) is 2.37. The van der Waals surface area contributed by atoms with Crippen LogP contribution >= 0.6 is 0 Å². The molecule has 2 nitrogen and oxygen atoms in total. The van der Waals surface area contributed by atoms with Crippen LogP contribution in [0.15, 0.2) is 205 Å². The van der Waals surface area contributed by atoms with E-state index in [0.717, 1.165) is 55.5 Å². The highest BCUT2D eigenvalue weighted by atomic mass is 16.3. The van der Waals surface area contributed by atoms with Crippen molar-refractivity contribution in [2.24, 2.45) is 0 Å². The van der Waals surface area contributed by atoms with Crippen LogP contribution in [0.1, 0.15) is 0 Å². The molecule has 10 aromatic rings. The van der Waals surface area contributed by atoms with E-state index in [1.807, 2.05) is 0 Å². The van der Waals surface area contributed by atoms with Crippen molar-refractivity contribution in [2.45, 2.75) is 0 Å². The largest absolute Gasteiger partial charge is 0.455 e. The summed E-state index contributed by atoms with van der Waals surface area (Å²) in [7, 11) is 0. The van der Waals surface area contributed by atoms with E-state index in [2.05, 4.69) is 205 Å². The maximum absolute atomic E-state index is 6.52. The second kappa shape index (κ2) is 12.5. The lowest BCUT2D eigenvalue weighted by atomic mass is 9.98. The second-order valence-electron chi connectivity index (χ2n) is 13.4. The first-order valence-electron chi connectivity index (χ1n) is 17.8. The Bertz CT molecular complexity index is 2890. The molecule has 0 saturated heterocycles. The van der Waals surface area contributed by atoms with E-state index in [4.69, 9.17) is 4.42 Å². The Kier molecular flexibility index (Phi) is 7.18. The first-order chi connectivity index (χ1) is 25.8. The highest BCUT2D eigenvalue weighted by molar-refractivity contribution is 6.15. The fourth-order valence-electron chi connectivity index (χ4n) is 7.62. The third-order valence-electron chi connectivity index (χ3n) is 10.3. The summed E-state index contributed by atoms with van der Waals surface area (Å²) in [6.07, 6.45) is 0. The van der Waals surface area contributed by atoms with Gasteiger partial charge in [0.1, 0.15) is 11.2 Å². The summed E-state index contributed by atoms with van der Waals surface area (Å²) in [6, 6.07) is 71.7. The first-order valence-corrected chi connectivity index (χ1v) is 17.8. The summed E-state index contributed by atoms with van der Waals surface area (Å²) < 4.78 is 6.52. The van der Waals surface area contributed by atoms with E-state index in [1.165, 1.54) is 38.4 Å². The fraction of sp³-hybridized carbons (Fsp3) is 0. The Morgan fingerprint density at radius 3 is 1.67 bits per heavy atom. The molecule has 52 heavy (non-hydrogen) atoms. The number of hydrogen-bond donors (Lipinski definition) is 0. The molecule has 0 amide bonds. The molecule has 0 aliphatic rings. The summed E-state index contributed by atoms with van der Waals surface area (Å²) >= 11 is 0. The number of benzene rings is 9. The lowest BCUT2D eigenvalue weighted by Gasteiger charge is -2.28. The van der Waals surface area contributed by atoms with Crippen molar-refractivity contribution in [1.82, 2.24) is 0 Å². The quantitative estimate of drug-likeness (QED) is 0.176. The van der Waals surface area contributed by atoms with Gasteiger partial charge in [-0.2, -0.15) is 0 Å². The van der Waals surface area contributed by atoms with Crippen molar-refractivity contribution in [3.05, 3.63) is 200 Å². The SMILES string of the molecule is c1ccc(-c2ccc(N(c3ccc(-c4ccc5c(c4)oc4c6ccccc6ccc54)cc3)c3ccccc3-c3ccc4ccccc4c3)cc2)cc1. The standard InChI is InChI=1S/C50H33NO/c1-2-10-34(11-3-1)36-20-26-42(27-21-36)51(48-17-9-8-15-44(48)41-19-18-35-12-4-5-14-39(35)32-41)43-28-22-37(23-29-43)40-25-30-46-47-31-24-38-13-6-7-16-45(38)50(47)52-49(46)33-40/h1-33H. The van der Waals surface area contributed by atoms with Crippen molar-refractivity contribution in [3.8, 4) is 33.4 Å². The van der Waals surface area contributed by atoms with Gasteiger partial charge >= 0.3 is 0 Å². The van der Waals surface area contributed by atoms with E-state index in [1.54, 1.807) is 0 Å². The highest BCUT2D eigenvalue weighted by Crippen LogP contribution is 2.43. The van der Waals surface area contributed by atoms with Crippen molar-refractivity contribution in [3.63, 3.8) is 0 Å². The van der Waals surface area contributed by atoms with Gasteiger partial charge in [-0.05, 0) is 98.6 Å². The van der Waals surface area contributed by atoms with Crippen molar-refractivity contribution in [2.75, 3.05) is 4.90 Å². The number of para-hydroxylation sites is 1. The van der Waals surface area contributed by atoms with Gasteiger partial charge in [-0.15, -0.1) is 0 Å². The molecule has 10 rings (SSSR count). The van der Waals surface area contributed by atoms with E-state index in [9.17, 15) is 0 Å². The molecule has 0 aliphatic heterocycles. The van der Waals surface area contributed by atoms with Crippen LogP contribution in [-0.4, -0.2) is 0 Å². The Morgan fingerprint density at radius 1 is 0.327 bits per heavy atom. The topological polar surface area (TPSA) is 16.4 Å². The molecule has 0 unspecified atom stereocenters. The minimum Gasteiger partial charge on any atom is -0.455 e. The van der Waals surface area contributed by atoms with Crippen LogP contribution in [0, 0.1) is 0 Å². The predicted octanol–water partition coefficient (Wildman–Crippen LogP) is 14.4. The molecular weight excluding hydrogens is 631 g/mol. The highest BCUT2D eigenvalue weighted by Gasteiger charge is 2.18. The smallest absolute Gasteiger partial charge is 0.143 e. The zero-order chi connectivity index (χ0) is 34.4. The summed E-state index contributed by atoms with van der Waals surface area (Å²) in [5.74, 6) is 0. The molecule has 0 atom stereocenters. The summed E-state index contributed by atoms with van der Waals surface area (Å²) in [6.45, 7) is 0. The Balaban J connectivity index is 1.07. The van der Waals surface area contributed by atoms with E-state index in [-0.39, 0.29) is 0 Å². The van der Waals surface area contributed by atoms with E-state index < -0.39 is 0 Å². The molecule has 0 N–H and O–H groups in total. The number of hydrogen-bond acceptors (Lipinski definition) is 2. The minimum atomic E-state index is 0.900. The predicted molar refractivity (Wildman–Crippen MR) is 220 cm³/mol. The molecule has 0 fully saturated rings. The van der Waals surface area contributed by atoms with Crippen LogP contribution in [0.5, 0.6) is 0 Å². The Morgan fingerprint density at radius 2 is 0.885 bits per heavy atom. The van der Waals surface area contributed by atoms with Gasteiger partial charge in [-0.25, -0.2) is 0 Å². The Hall–Kier alpha value is -6.90. The molecule has 244 valence electrons. The molecular formula is C50H33NO. The minimum absolute atomic E-state index is 0.900. The molecule has 1 aromatic heterocycles. The van der Waals surface area contributed by atoms with Crippen molar-refractivity contribution < 1.29 is 4.42 Å². The van der Waals surface area contributed by atoms with E-state index >= 15 is 0 Å². The number of anilines is 3. The zero-order valence-corrected chi connectivity index (χ0v) is 28.4. The number of nitrogens with zero attached hydrogens (tertiary/aromatic N) is 1. The number of furan rings is 1. The van der Waals surface area contributed by atoms with Gasteiger partial charge in [0.05, 0.1) is 5.69 Å². The molecule has 1 heterocycles. The fourth-order valence-corrected chi connectivity index (χ4v) is 7.62. The van der Waals surface area contributed by atoms with Crippen molar-refractivity contribution in [1.29, 1.82) is 0 Å². The van der Waals surface area contributed by atoms with Gasteiger partial charge < -0.3 is 9.32 Å². The lowest BCUT2D eigenvalue weighted by molar-refractivity contribution is 0.673. The van der Waals surface area contributed by atoms with Crippen molar-refractivity contribution >= 4 is 60.5 Å². The van der Waals surface area contributed by atoms with Crippen LogP contribution in [0.2, 0.25) is 0 Å². The molecule has 0 saturated carbocycles. The van der Waals surface area contributed by atoms with Gasteiger partial charge in [0.2, 0.25) is 0 Å². The molecule has 9 aromatic carbocycles. The van der Waals surface area contributed by atoms with Crippen LogP contribution < -0.4 is 4.90 Å². The molecule has 0 aliphatic carbocycles. The van der Waals surface area contributed by atoms with Gasteiger partial charge in [0.25, 0.3) is 0 Å². The third kappa shape index (κ3) is 5.21. The summed E-state index contributed by atoms with van der Waals surface area (Å²) in [5.41, 5.74) is 12.2. The molecule has 2 heteroatoms. The zero-order valence-electron chi connectivity index (χ0n) is 28.4. The second-order valence-corrected chi connectivity index (χ2v) is 13.4. The first kappa shape index (κ1) is 30.0. The van der Waals surface area contributed by atoms with Gasteiger partial charge in [-0.1, -0.05) is 146 Å². The average Bonchev–Trinajstić information content (AvgIpc) is 3.60. The number of rotatable bonds is 6. The van der Waals surface area contributed by atoms with Crippen LogP contribution in [0.4, 0.5) is 17.1 Å². The average molecular weight is 664 g/mol. The molecule has 0 spiro atoms.